The van der Waals surface area contributed by atoms with E-state index in [0.717, 1.165) is 18.6 Å². The van der Waals surface area contributed by atoms with E-state index in [1.807, 2.05) is 0 Å². The van der Waals surface area contributed by atoms with Crippen LogP contribution in [-0.4, -0.2) is 23.6 Å². The third-order valence-electron chi connectivity index (χ3n) is 2.75. The van der Waals surface area contributed by atoms with E-state index in [4.69, 9.17) is 0 Å². The first-order valence-corrected chi connectivity index (χ1v) is 4.43. The Morgan fingerprint density at radius 2 is 2.10 bits per heavy atom. The Balaban J connectivity index is 1.87. The van der Waals surface area contributed by atoms with Crippen LogP contribution >= 0.6 is 0 Å². The van der Waals surface area contributed by atoms with E-state index in [2.05, 4.69) is 17.4 Å². The predicted molar refractivity (Wildman–Crippen MR) is 41.6 cm³/mol. The first kappa shape index (κ1) is 6.62. The molecule has 0 radical (unpaired) electrons. The van der Waals surface area contributed by atoms with E-state index in [1.165, 1.54) is 25.7 Å². The minimum atomic E-state index is 0.888. The molecule has 1 N–H and O–H groups in total. The van der Waals surface area contributed by atoms with Gasteiger partial charge in [0.2, 0.25) is 0 Å². The van der Waals surface area contributed by atoms with Crippen molar-refractivity contribution in [2.24, 2.45) is 0 Å². The second-order valence-corrected chi connectivity index (χ2v) is 3.39. The summed E-state index contributed by atoms with van der Waals surface area (Å²) in [5.74, 6) is 0. The topological polar surface area (TPSA) is 15.3 Å². The molecule has 10 heavy (non-hydrogen) atoms. The molecule has 0 aromatic rings. The smallest absolute Gasteiger partial charge is 0.0262 e. The maximum atomic E-state index is 3.42. The number of hydrazine groups is 1. The number of piperidine rings is 1. The third-order valence-corrected chi connectivity index (χ3v) is 2.75. The lowest BCUT2D eigenvalue weighted by atomic mass is 9.81. The van der Waals surface area contributed by atoms with Crippen molar-refractivity contribution >= 4 is 0 Å². The van der Waals surface area contributed by atoms with Gasteiger partial charge in [0.1, 0.15) is 0 Å². The number of fused-ring (bicyclic) bond motifs is 2. The zero-order valence-corrected chi connectivity index (χ0v) is 6.64. The van der Waals surface area contributed by atoms with E-state index in [0.29, 0.717) is 0 Å². The molecule has 0 aromatic heterocycles. The Kier molecular flexibility index (Phi) is 1.66. The number of hydrogen-bond acceptors (Lipinski definition) is 2. The van der Waals surface area contributed by atoms with Crippen molar-refractivity contribution in [3.05, 3.63) is 0 Å². The van der Waals surface area contributed by atoms with Crippen LogP contribution in [0, 0.1) is 0 Å². The molecule has 0 amide bonds. The summed E-state index contributed by atoms with van der Waals surface area (Å²) in [6, 6.07) is 1.78. The third kappa shape index (κ3) is 0.867. The maximum absolute atomic E-state index is 3.42. The lowest BCUT2D eigenvalue weighted by molar-refractivity contribution is -0.0687. The Morgan fingerprint density at radius 1 is 1.40 bits per heavy atom. The van der Waals surface area contributed by atoms with Crippen molar-refractivity contribution in [1.82, 2.24) is 10.4 Å². The molecule has 2 atom stereocenters. The first-order valence-electron chi connectivity index (χ1n) is 4.43. The average molecular weight is 140 g/mol. The van der Waals surface area contributed by atoms with Gasteiger partial charge in [-0.1, -0.05) is 13.3 Å². The largest absolute Gasteiger partial charge is 0.255 e. The quantitative estimate of drug-likeness (QED) is 0.618. The average Bonchev–Trinajstić information content (AvgIpc) is 2.01. The second kappa shape index (κ2) is 2.51. The molecule has 2 bridgehead atoms. The van der Waals surface area contributed by atoms with Crippen LogP contribution in [0.3, 0.4) is 0 Å². The number of rotatable bonds is 2. The molecule has 0 spiro atoms. The van der Waals surface area contributed by atoms with Gasteiger partial charge in [-0.15, -0.1) is 0 Å². The number of nitrogens with zero attached hydrogens (tertiary/aromatic N) is 1. The standard InChI is InChI=1S/C8H16N2/c1-2-9-10-7-4-3-5-8(10)6-7/h7-9H,2-6H2,1H3. The zero-order valence-electron chi connectivity index (χ0n) is 6.64. The summed E-state index contributed by atoms with van der Waals surface area (Å²) in [6.07, 6.45) is 5.75. The Morgan fingerprint density at radius 3 is 2.60 bits per heavy atom. The van der Waals surface area contributed by atoms with Crippen LogP contribution in [0.1, 0.15) is 32.6 Å². The van der Waals surface area contributed by atoms with Crippen LogP contribution in [0.4, 0.5) is 0 Å². The van der Waals surface area contributed by atoms with Crippen molar-refractivity contribution in [2.45, 2.75) is 44.7 Å². The summed E-state index contributed by atoms with van der Waals surface area (Å²) in [5, 5.41) is 2.46. The van der Waals surface area contributed by atoms with Crippen LogP contribution < -0.4 is 5.43 Å². The van der Waals surface area contributed by atoms with E-state index >= 15 is 0 Å². The summed E-state index contributed by atoms with van der Waals surface area (Å²) in [6.45, 7) is 3.26. The van der Waals surface area contributed by atoms with Gasteiger partial charge < -0.3 is 0 Å². The molecule has 3 aliphatic rings. The molecule has 2 heteroatoms. The van der Waals surface area contributed by atoms with Gasteiger partial charge in [-0.3, -0.25) is 5.43 Å². The summed E-state index contributed by atoms with van der Waals surface area (Å²) in [4.78, 5) is 0. The van der Waals surface area contributed by atoms with Crippen molar-refractivity contribution in [1.29, 1.82) is 0 Å². The number of hydrogen-bond donors (Lipinski definition) is 1. The normalized spacial score (nSPS) is 39.3. The molecule has 58 valence electrons. The Labute approximate surface area is 62.6 Å². The van der Waals surface area contributed by atoms with Crippen molar-refractivity contribution in [3.8, 4) is 0 Å². The molecule has 1 saturated carbocycles. The summed E-state index contributed by atoms with van der Waals surface area (Å²) >= 11 is 0. The van der Waals surface area contributed by atoms with Gasteiger partial charge in [0.05, 0.1) is 0 Å². The molecule has 0 aromatic carbocycles. The van der Waals surface area contributed by atoms with Gasteiger partial charge in [0, 0.05) is 18.6 Å². The fourth-order valence-electron chi connectivity index (χ4n) is 2.25. The molecule has 2 aliphatic heterocycles. The molecular weight excluding hydrogens is 124 g/mol. The molecule has 2 unspecified atom stereocenters. The molecule has 2 saturated heterocycles. The highest BCUT2D eigenvalue weighted by atomic mass is 15.6. The highest BCUT2D eigenvalue weighted by molar-refractivity contribution is 4.94. The van der Waals surface area contributed by atoms with Crippen molar-refractivity contribution in [2.75, 3.05) is 6.54 Å². The molecule has 3 fully saturated rings. The van der Waals surface area contributed by atoms with Crippen molar-refractivity contribution < 1.29 is 0 Å². The van der Waals surface area contributed by atoms with Gasteiger partial charge in [0.25, 0.3) is 0 Å². The van der Waals surface area contributed by atoms with Gasteiger partial charge in [-0.2, -0.15) is 0 Å². The Hall–Kier alpha value is -0.0800. The highest BCUT2D eigenvalue weighted by Gasteiger charge is 2.40. The van der Waals surface area contributed by atoms with Crippen LogP contribution in [-0.2, 0) is 0 Å². The van der Waals surface area contributed by atoms with Gasteiger partial charge in [0.15, 0.2) is 0 Å². The molecule has 1 aliphatic carbocycles. The van der Waals surface area contributed by atoms with Crippen molar-refractivity contribution in [3.63, 3.8) is 0 Å². The fraction of sp³-hybridized carbons (Fsp3) is 1.00. The minimum absolute atomic E-state index is 0.888. The monoisotopic (exact) mass is 140 g/mol. The fourth-order valence-corrected chi connectivity index (χ4v) is 2.25. The summed E-state index contributed by atoms with van der Waals surface area (Å²) in [5.41, 5.74) is 3.42. The molecular formula is C8H16N2. The first-order chi connectivity index (χ1) is 4.92. The van der Waals surface area contributed by atoms with Gasteiger partial charge in [-0.25, -0.2) is 5.01 Å². The second-order valence-electron chi connectivity index (χ2n) is 3.39. The highest BCUT2D eigenvalue weighted by Crippen LogP contribution is 2.35. The minimum Gasteiger partial charge on any atom is -0.255 e. The summed E-state index contributed by atoms with van der Waals surface area (Å²) in [7, 11) is 0. The molecule has 2 heterocycles. The van der Waals surface area contributed by atoms with E-state index in [9.17, 15) is 0 Å². The van der Waals surface area contributed by atoms with Crippen LogP contribution in [0.15, 0.2) is 0 Å². The van der Waals surface area contributed by atoms with E-state index in [-0.39, 0.29) is 0 Å². The van der Waals surface area contributed by atoms with E-state index < -0.39 is 0 Å². The molecule has 2 nitrogen and oxygen atoms in total. The maximum Gasteiger partial charge on any atom is 0.0262 e. The van der Waals surface area contributed by atoms with E-state index in [1.54, 1.807) is 0 Å². The predicted octanol–water partition coefficient (Wildman–Crippen LogP) is 1.14. The summed E-state index contributed by atoms with van der Waals surface area (Å²) < 4.78 is 0. The SMILES string of the molecule is CCNN1C2CCCC1C2. The van der Waals surface area contributed by atoms with Crippen LogP contribution in [0.25, 0.3) is 0 Å². The Bertz CT molecular complexity index is 110. The molecule has 3 rings (SSSR count). The van der Waals surface area contributed by atoms with Gasteiger partial charge in [-0.05, 0) is 19.3 Å². The lowest BCUT2D eigenvalue weighted by Crippen LogP contribution is -2.64. The van der Waals surface area contributed by atoms with Gasteiger partial charge >= 0.3 is 0 Å². The number of nitrogens with one attached hydrogen (secondary N) is 1. The lowest BCUT2D eigenvalue weighted by Gasteiger charge is -2.52. The van der Waals surface area contributed by atoms with Crippen LogP contribution in [0.2, 0.25) is 0 Å². The zero-order chi connectivity index (χ0) is 6.97. The van der Waals surface area contributed by atoms with Crippen LogP contribution in [0.5, 0.6) is 0 Å².